The van der Waals surface area contributed by atoms with Crippen molar-refractivity contribution in [3.63, 3.8) is 0 Å². The van der Waals surface area contributed by atoms with Crippen LogP contribution in [0.3, 0.4) is 0 Å². The van der Waals surface area contributed by atoms with Crippen molar-refractivity contribution >= 4 is 17.5 Å². The second-order valence-corrected chi connectivity index (χ2v) is 4.98. The van der Waals surface area contributed by atoms with Crippen LogP contribution in [0, 0.1) is 0 Å². The number of methoxy groups -OCH3 is 2. The number of hydrogen-bond donors (Lipinski definition) is 1. The van der Waals surface area contributed by atoms with Gasteiger partial charge in [0, 0.05) is 5.56 Å². The molecule has 124 valence electrons. The number of carbonyl (C=O) groups excluding carboxylic acids is 3. The maximum absolute atomic E-state index is 12.3. The Morgan fingerprint density at radius 1 is 0.958 bits per heavy atom. The molecule has 0 bridgehead atoms. The predicted molar refractivity (Wildman–Crippen MR) is 85.7 cm³/mol. The summed E-state index contributed by atoms with van der Waals surface area (Å²) in [4.78, 5) is 36.0. The summed E-state index contributed by atoms with van der Waals surface area (Å²) in [6.45, 7) is 0. The Bertz CT molecular complexity index is 794. The number of Topliss-reactive ketones (excluding diaryl/α,β-unsaturated/α-hetero) is 2. The van der Waals surface area contributed by atoms with Gasteiger partial charge in [0.15, 0.2) is 11.6 Å². The number of aromatic hydroxyl groups is 1. The summed E-state index contributed by atoms with van der Waals surface area (Å²) in [6.07, 6.45) is -0.439. The molecule has 0 spiro atoms. The van der Waals surface area contributed by atoms with E-state index in [2.05, 4.69) is 4.74 Å². The van der Waals surface area contributed by atoms with Gasteiger partial charge in [-0.1, -0.05) is 12.1 Å². The number of phenols is 1. The fraction of sp³-hybridized carbons (Fsp3) is 0.167. The Morgan fingerprint density at radius 2 is 1.67 bits per heavy atom. The first-order valence-corrected chi connectivity index (χ1v) is 7.08. The van der Waals surface area contributed by atoms with Crippen molar-refractivity contribution in [1.82, 2.24) is 0 Å². The Hall–Kier alpha value is -3.15. The maximum atomic E-state index is 12.3. The largest absolute Gasteiger partial charge is 0.507 e. The first-order valence-electron chi connectivity index (χ1n) is 7.08. The molecular weight excluding hydrogens is 312 g/mol. The van der Waals surface area contributed by atoms with Gasteiger partial charge < -0.3 is 14.6 Å². The van der Waals surface area contributed by atoms with Crippen molar-refractivity contribution in [1.29, 1.82) is 0 Å². The SMILES string of the molecule is COC(=O)c1cccc(C(=O)CC(=O)c2cc(OC)ccc2O)c1. The van der Waals surface area contributed by atoms with Crippen molar-refractivity contribution in [2.75, 3.05) is 14.2 Å². The lowest BCUT2D eigenvalue weighted by Gasteiger charge is -2.07. The molecule has 0 atom stereocenters. The van der Waals surface area contributed by atoms with E-state index < -0.39 is 24.0 Å². The summed E-state index contributed by atoms with van der Waals surface area (Å²) in [5, 5.41) is 9.78. The van der Waals surface area contributed by atoms with Gasteiger partial charge in [0.2, 0.25) is 0 Å². The Labute approximate surface area is 138 Å². The van der Waals surface area contributed by atoms with Crippen LogP contribution in [0.15, 0.2) is 42.5 Å². The van der Waals surface area contributed by atoms with Crippen LogP contribution in [0.2, 0.25) is 0 Å². The third-order valence-electron chi connectivity index (χ3n) is 3.43. The molecule has 24 heavy (non-hydrogen) atoms. The fourth-order valence-corrected chi connectivity index (χ4v) is 2.15. The van der Waals surface area contributed by atoms with Crippen LogP contribution >= 0.6 is 0 Å². The summed E-state index contributed by atoms with van der Waals surface area (Å²) < 4.78 is 9.60. The number of benzene rings is 2. The number of rotatable bonds is 6. The maximum Gasteiger partial charge on any atom is 0.337 e. The van der Waals surface area contributed by atoms with Crippen molar-refractivity contribution in [3.05, 3.63) is 59.2 Å². The molecular formula is C18H16O6. The smallest absolute Gasteiger partial charge is 0.337 e. The molecule has 2 aromatic rings. The minimum Gasteiger partial charge on any atom is -0.507 e. The second kappa shape index (κ2) is 7.41. The average Bonchev–Trinajstić information content (AvgIpc) is 2.61. The molecule has 0 saturated carbocycles. The van der Waals surface area contributed by atoms with Gasteiger partial charge in [-0.25, -0.2) is 4.79 Å². The zero-order valence-corrected chi connectivity index (χ0v) is 13.2. The fourth-order valence-electron chi connectivity index (χ4n) is 2.15. The van der Waals surface area contributed by atoms with E-state index in [9.17, 15) is 19.5 Å². The third-order valence-corrected chi connectivity index (χ3v) is 3.43. The summed E-state index contributed by atoms with van der Waals surface area (Å²) >= 11 is 0. The molecule has 0 aliphatic rings. The highest BCUT2D eigenvalue weighted by molar-refractivity contribution is 6.14. The van der Waals surface area contributed by atoms with Crippen molar-refractivity contribution in [2.24, 2.45) is 0 Å². The van der Waals surface area contributed by atoms with Gasteiger partial charge in [0.1, 0.15) is 11.5 Å². The number of carbonyl (C=O) groups is 3. The number of ketones is 2. The van der Waals surface area contributed by atoms with E-state index in [0.29, 0.717) is 5.75 Å². The molecule has 0 fully saturated rings. The molecule has 0 aromatic heterocycles. The minimum absolute atomic E-state index is 0.00632. The molecule has 0 radical (unpaired) electrons. The van der Waals surface area contributed by atoms with Gasteiger partial charge in [-0.15, -0.1) is 0 Å². The molecule has 0 unspecified atom stereocenters. The molecule has 6 heteroatoms. The number of ether oxygens (including phenoxy) is 2. The van der Waals surface area contributed by atoms with Crippen molar-refractivity contribution < 1.29 is 29.0 Å². The van der Waals surface area contributed by atoms with Crippen LogP contribution in [-0.2, 0) is 4.74 Å². The molecule has 6 nitrogen and oxygen atoms in total. The first-order chi connectivity index (χ1) is 11.5. The number of phenolic OH excluding ortho intramolecular Hbond substituents is 1. The summed E-state index contributed by atoms with van der Waals surface area (Å²) in [7, 11) is 2.68. The second-order valence-electron chi connectivity index (χ2n) is 4.98. The molecule has 2 aromatic carbocycles. The highest BCUT2D eigenvalue weighted by Gasteiger charge is 2.18. The lowest BCUT2D eigenvalue weighted by atomic mass is 9.99. The number of hydrogen-bond acceptors (Lipinski definition) is 6. The normalized spacial score (nSPS) is 10.1. The predicted octanol–water partition coefficient (Wildman–Crippen LogP) is 2.64. The van der Waals surface area contributed by atoms with E-state index in [1.807, 2.05) is 0 Å². The number of esters is 1. The lowest BCUT2D eigenvalue weighted by Crippen LogP contribution is -2.10. The van der Waals surface area contributed by atoms with Gasteiger partial charge in [-0.3, -0.25) is 9.59 Å². The van der Waals surface area contributed by atoms with Crippen LogP contribution < -0.4 is 4.74 Å². The van der Waals surface area contributed by atoms with E-state index in [1.165, 1.54) is 56.7 Å². The molecule has 0 amide bonds. The van der Waals surface area contributed by atoms with Gasteiger partial charge in [0.05, 0.1) is 31.8 Å². The zero-order valence-electron chi connectivity index (χ0n) is 13.2. The van der Waals surface area contributed by atoms with Crippen LogP contribution in [0.4, 0.5) is 0 Å². The summed E-state index contributed by atoms with van der Waals surface area (Å²) in [6, 6.07) is 10.1. The molecule has 2 rings (SSSR count). The van der Waals surface area contributed by atoms with Crippen LogP contribution in [-0.4, -0.2) is 36.9 Å². The Morgan fingerprint density at radius 3 is 2.33 bits per heavy atom. The molecule has 0 aliphatic heterocycles. The highest BCUT2D eigenvalue weighted by Crippen LogP contribution is 2.24. The van der Waals surface area contributed by atoms with Gasteiger partial charge in [-0.05, 0) is 30.3 Å². The zero-order chi connectivity index (χ0) is 17.7. The van der Waals surface area contributed by atoms with Gasteiger partial charge in [-0.2, -0.15) is 0 Å². The minimum atomic E-state index is -0.568. The van der Waals surface area contributed by atoms with Crippen molar-refractivity contribution in [2.45, 2.75) is 6.42 Å². The van der Waals surface area contributed by atoms with Gasteiger partial charge in [0.25, 0.3) is 0 Å². The topological polar surface area (TPSA) is 89.9 Å². The van der Waals surface area contributed by atoms with Crippen molar-refractivity contribution in [3.8, 4) is 11.5 Å². The van der Waals surface area contributed by atoms with E-state index in [-0.39, 0.29) is 22.4 Å². The van der Waals surface area contributed by atoms with Crippen LogP contribution in [0.25, 0.3) is 0 Å². The highest BCUT2D eigenvalue weighted by atomic mass is 16.5. The standard InChI is InChI=1S/C18H16O6/c1-23-13-6-7-15(19)14(9-13)17(21)10-16(20)11-4-3-5-12(8-11)18(22)24-2/h3-9,19H,10H2,1-2H3. The van der Waals surface area contributed by atoms with Crippen LogP contribution in [0.1, 0.15) is 37.5 Å². The first kappa shape index (κ1) is 17.2. The van der Waals surface area contributed by atoms with Gasteiger partial charge >= 0.3 is 5.97 Å². The molecule has 0 saturated heterocycles. The quantitative estimate of drug-likeness (QED) is 0.498. The van der Waals surface area contributed by atoms with E-state index in [0.717, 1.165) is 0 Å². The van der Waals surface area contributed by atoms with Crippen LogP contribution in [0.5, 0.6) is 11.5 Å². The Kier molecular flexibility index (Phi) is 5.31. The monoisotopic (exact) mass is 328 g/mol. The van der Waals surface area contributed by atoms with E-state index in [4.69, 9.17) is 4.74 Å². The third kappa shape index (κ3) is 3.78. The van der Waals surface area contributed by atoms with E-state index in [1.54, 1.807) is 0 Å². The lowest BCUT2D eigenvalue weighted by molar-refractivity contribution is 0.0600. The summed E-state index contributed by atoms with van der Waals surface area (Å²) in [5.41, 5.74) is 0.445. The molecule has 0 heterocycles. The molecule has 0 aliphatic carbocycles. The average molecular weight is 328 g/mol. The molecule has 1 N–H and O–H groups in total. The van der Waals surface area contributed by atoms with E-state index >= 15 is 0 Å². The summed E-state index contributed by atoms with van der Waals surface area (Å²) in [5.74, 6) is -1.40. The Balaban J connectivity index is 2.20.